The van der Waals surface area contributed by atoms with Gasteiger partial charge in [0.1, 0.15) is 5.60 Å². The molecule has 1 aliphatic heterocycles. The molecule has 0 bridgehead atoms. The molecule has 1 atom stereocenters. The molecule has 2 heterocycles. The maximum atomic E-state index is 12.1. The molecule has 6 nitrogen and oxygen atoms in total. The fourth-order valence-electron chi connectivity index (χ4n) is 2.19. The highest BCUT2D eigenvalue weighted by atomic mass is 16.5. The van der Waals surface area contributed by atoms with E-state index in [-0.39, 0.29) is 19.1 Å². The van der Waals surface area contributed by atoms with Crippen molar-refractivity contribution >= 4 is 16.9 Å². The van der Waals surface area contributed by atoms with Gasteiger partial charge in [0.2, 0.25) is 0 Å². The van der Waals surface area contributed by atoms with Gasteiger partial charge in [-0.15, -0.1) is 0 Å². The van der Waals surface area contributed by atoms with Gasteiger partial charge in [-0.2, -0.15) is 0 Å². The molecule has 0 aliphatic carbocycles. The Morgan fingerprint density at radius 1 is 1.35 bits per heavy atom. The van der Waals surface area contributed by atoms with Crippen molar-refractivity contribution in [2.24, 2.45) is 0 Å². The van der Waals surface area contributed by atoms with Crippen LogP contribution in [-0.2, 0) is 4.74 Å². The molecule has 20 heavy (non-hydrogen) atoms. The van der Waals surface area contributed by atoms with E-state index in [0.717, 1.165) is 5.52 Å². The van der Waals surface area contributed by atoms with E-state index >= 15 is 0 Å². The summed E-state index contributed by atoms with van der Waals surface area (Å²) in [4.78, 5) is 20.4. The normalized spacial score (nSPS) is 22.1. The molecular formula is C14H15N3O3. The van der Waals surface area contributed by atoms with Crippen LogP contribution in [0, 0.1) is 0 Å². The second kappa shape index (κ2) is 5.15. The van der Waals surface area contributed by atoms with Crippen molar-refractivity contribution in [2.75, 3.05) is 19.8 Å². The summed E-state index contributed by atoms with van der Waals surface area (Å²) in [6.07, 6.45) is 3.73. The molecule has 0 spiro atoms. The molecule has 2 N–H and O–H groups in total. The zero-order chi connectivity index (χ0) is 14.0. The summed E-state index contributed by atoms with van der Waals surface area (Å²) in [6.45, 7) is 0.971. The Morgan fingerprint density at radius 2 is 2.15 bits per heavy atom. The second-order valence-corrected chi connectivity index (χ2v) is 4.97. The molecular weight excluding hydrogens is 258 g/mol. The molecule has 1 aromatic carbocycles. The monoisotopic (exact) mass is 273 g/mol. The Morgan fingerprint density at radius 3 is 2.90 bits per heavy atom. The molecule has 1 saturated heterocycles. The van der Waals surface area contributed by atoms with E-state index < -0.39 is 5.60 Å². The molecule has 0 saturated carbocycles. The van der Waals surface area contributed by atoms with Gasteiger partial charge in [0.05, 0.1) is 17.6 Å². The quantitative estimate of drug-likeness (QED) is 0.851. The second-order valence-electron chi connectivity index (χ2n) is 4.97. The zero-order valence-corrected chi connectivity index (χ0v) is 10.9. The van der Waals surface area contributed by atoms with Gasteiger partial charge in [0, 0.05) is 37.5 Å². The van der Waals surface area contributed by atoms with Gasteiger partial charge in [-0.25, -0.2) is 0 Å². The average molecular weight is 273 g/mol. The van der Waals surface area contributed by atoms with Gasteiger partial charge in [0.25, 0.3) is 5.91 Å². The molecule has 1 aromatic heterocycles. The minimum absolute atomic E-state index is 0.185. The van der Waals surface area contributed by atoms with Crippen LogP contribution < -0.4 is 5.32 Å². The number of aromatic nitrogens is 2. The summed E-state index contributed by atoms with van der Waals surface area (Å²) in [5, 5.41) is 12.8. The van der Waals surface area contributed by atoms with Crippen molar-refractivity contribution in [2.45, 2.75) is 12.0 Å². The van der Waals surface area contributed by atoms with Crippen LogP contribution in [0.4, 0.5) is 0 Å². The third-order valence-corrected chi connectivity index (χ3v) is 3.39. The smallest absolute Gasteiger partial charge is 0.251 e. The van der Waals surface area contributed by atoms with E-state index in [4.69, 9.17) is 4.74 Å². The van der Waals surface area contributed by atoms with Crippen LogP contribution in [-0.4, -0.2) is 46.3 Å². The number of nitrogens with zero attached hydrogens (tertiary/aromatic N) is 2. The highest BCUT2D eigenvalue weighted by Gasteiger charge is 2.32. The van der Waals surface area contributed by atoms with Crippen LogP contribution in [0.3, 0.4) is 0 Å². The fourth-order valence-corrected chi connectivity index (χ4v) is 2.19. The summed E-state index contributed by atoms with van der Waals surface area (Å²) in [5.74, 6) is -0.238. The predicted octanol–water partition coefficient (Wildman–Crippen LogP) is 0.511. The lowest BCUT2D eigenvalue weighted by atomic mass is 10.0. The zero-order valence-electron chi connectivity index (χ0n) is 10.9. The number of carbonyl (C=O) groups excluding carboxylic acids is 1. The Hall–Kier alpha value is -2.05. The number of aliphatic hydroxyl groups is 1. The number of hydrogen-bond donors (Lipinski definition) is 2. The van der Waals surface area contributed by atoms with E-state index in [1.165, 1.54) is 0 Å². The van der Waals surface area contributed by atoms with Crippen LogP contribution in [0.2, 0.25) is 0 Å². The number of nitrogens with one attached hydrogen (secondary N) is 1. The minimum Gasteiger partial charge on any atom is -0.386 e. The number of hydrogen-bond acceptors (Lipinski definition) is 5. The predicted molar refractivity (Wildman–Crippen MR) is 72.3 cm³/mol. The molecule has 1 amide bonds. The van der Waals surface area contributed by atoms with Crippen LogP contribution in [0.1, 0.15) is 16.8 Å². The summed E-state index contributed by atoms with van der Waals surface area (Å²) >= 11 is 0. The average Bonchev–Trinajstić information content (AvgIpc) is 2.91. The first-order valence-electron chi connectivity index (χ1n) is 6.45. The van der Waals surface area contributed by atoms with Crippen LogP contribution in [0.25, 0.3) is 11.0 Å². The van der Waals surface area contributed by atoms with Crippen molar-refractivity contribution in [3.05, 3.63) is 36.2 Å². The number of fused-ring (bicyclic) bond motifs is 1. The van der Waals surface area contributed by atoms with Crippen molar-refractivity contribution in [3.63, 3.8) is 0 Å². The molecule has 1 unspecified atom stereocenters. The van der Waals surface area contributed by atoms with E-state index in [1.54, 1.807) is 30.6 Å². The summed E-state index contributed by atoms with van der Waals surface area (Å²) in [6, 6.07) is 5.14. The Bertz CT molecular complexity index is 638. The van der Waals surface area contributed by atoms with Gasteiger partial charge >= 0.3 is 0 Å². The molecule has 3 rings (SSSR count). The van der Waals surface area contributed by atoms with Gasteiger partial charge in [-0.1, -0.05) is 0 Å². The largest absolute Gasteiger partial charge is 0.386 e. The Labute approximate surface area is 115 Å². The lowest BCUT2D eigenvalue weighted by Crippen LogP contribution is -2.43. The van der Waals surface area contributed by atoms with Crippen LogP contribution >= 0.6 is 0 Å². The highest BCUT2D eigenvalue weighted by molar-refractivity contribution is 5.97. The molecule has 2 aromatic rings. The first kappa shape index (κ1) is 13.0. The minimum atomic E-state index is -0.952. The number of carbonyl (C=O) groups is 1. The van der Waals surface area contributed by atoms with Gasteiger partial charge in [-0.3, -0.25) is 14.8 Å². The van der Waals surface area contributed by atoms with Crippen LogP contribution in [0.5, 0.6) is 0 Å². The summed E-state index contributed by atoms with van der Waals surface area (Å²) in [7, 11) is 0. The molecule has 1 aliphatic rings. The maximum Gasteiger partial charge on any atom is 0.251 e. The van der Waals surface area contributed by atoms with Crippen LogP contribution in [0.15, 0.2) is 30.6 Å². The van der Waals surface area contributed by atoms with Crippen molar-refractivity contribution < 1.29 is 14.6 Å². The Balaban J connectivity index is 1.72. The molecule has 0 radical (unpaired) electrons. The number of amides is 1. The first-order valence-corrected chi connectivity index (χ1v) is 6.45. The van der Waals surface area contributed by atoms with Gasteiger partial charge in [0.15, 0.2) is 0 Å². The molecule has 1 fully saturated rings. The molecule has 6 heteroatoms. The van der Waals surface area contributed by atoms with E-state index in [0.29, 0.717) is 24.1 Å². The number of rotatable bonds is 3. The van der Waals surface area contributed by atoms with Gasteiger partial charge in [-0.05, 0) is 18.2 Å². The topological polar surface area (TPSA) is 84.3 Å². The van der Waals surface area contributed by atoms with E-state index in [2.05, 4.69) is 15.3 Å². The third-order valence-electron chi connectivity index (χ3n) is 3.39. The maximum absolute atomic E-state index is 12.1. The standard InChI is InChI=1S/C14H15N3O3/c18-13(17-8-14(19)3-6-20-9-14)10-1-2-11-12(7-10)16-5-4-15-11/h1-2,4-5,7,19H,3,6,8-9H2,(H,17,18). The van der Waals surface area contributed by atoms with Crippen molar-refractivity contribution in [1.29, 1.82) is 0 Å². The lowest BCUT2D eigenvalue weighted by molar-refractivity contribution is 0.0264. The van der Waals surface area contributed by atoms with Crippen molar-refractivity contribution in [1.82, 2.24) is 15.3 Å². The van der Waals surface area contributed by atoms with Gasteiger partial charge < -0.3 is 15.2 Å². The van der Waals surface area contributed by atoms with Crippen molar-refractivity contribution in [3.8, 4) is 0 Å². The first-order chi connectivity index (χ1) is 9.66. The number of ether oxygens (including phenoxy) is 1. The highest BCUT2D eigenvalue weighted by Crippen LogP contribution is 2.17. The fraction of sp³-hybridized carbons (Fsp3) is 0.357. The summed E-state index contributed by atoms with van der Waals surface area (Å²) in [5.41, 5.74) is 0.960. The van der Waals surface area contributed by atoms with E-state index in [1.807, 2.05) is 0 Å². The molecule has 104 valence electrons. The third kappa shape index (κ3) is 2.61. The Kier molecular flexibility index (Phi) is 3.33. The lowest BCUT2D eigenvalue weighted by Gasteiger charge is -2.20. The van der Waals surface area contributed by atoms with E-state index in [9.17, 15) is 9.90 Å². The summed E-state index contributed by atoms with van der Waals surface area (Å²) < 4.78 is 5.14. The number of benzene rings is 1. The SMILES string of the molecule is O=C(NCC1(O)CCOC1)c1ccc2nccnc2c1.